The van der Waals surface area contributed by atoms with Crippen LogP contribution in [-0.4, -0.2) is 34.0 Å². The Hall–Kier alpha value is -2.17. The number of aryl methyl sites for hydroxylation is 1. The predicted octanol–water partition coefficient (Wildman–Crippen LogP) is 1.87. The van der Waals surface area contributed by atoms with E-state index in [0.717, 1.165) is 5.56 Å². The number of aromatic nitrogens is 2. The molecule has 0 aliphatic carbocycles. The Labute approximate surface area is 111 Å². The standard InChI is InChI=1S/C14H16FN3O/c1-17(14(19)13-9-16-10-18(13)2)8-7-11-3-5-12(15)6-4-11/h3-6,9-10H,7-8H2,1-2H3. The molecule has 0 fully saturated rings. The topological polar surface area (TPSA) is 38.1 Å². The number of carbonyl (C=O) groups is 1. The van der Waals surface area contributed by atoms with E-state index in [1.54, 1.807) is 48.2 Å². The number of nitrogens with zero attached hydrogens (tertiary/aromatic N) is 3. The zero-order valence-corrected chi connectivity index (χ0v) is 11.0. The molecule has 1 heterocycles. The van der Waals surface area contributed by atoms with Crippen molar-refractivity contribution in [2.24, 2.45) is 7.05 Å². The molecular weight excluding hydrogens is 245 g/mol. The first kappa shape index (κ1) is 13.3. The van der Waals surface area contributed by atoms with Crippen molar-refractivity contribution in [3.63, 3.8) is 0 Å². The second kappa shape index (κ2) is 5.65. The predicted molar refractivity (Wildman–Crippen MR) is 70.3 cm³/mol. The fourth-order valence-electron chi connectivity index (χ4n) is 1.81. The molecule has 2 rings (SSSR count). The van der Waals surface area contributed by atoms with Gasteiger partial charge in [0.2, 0.25) is 0 Å². The van der Waals surface area contributed by atoms with E-state index >= 15 is 0 Å². The Morgan fingerprint density at radius 1 is 1.37 bits per heavy atom. The first-order valence-electron chi connectivity index (χ1n) is 6.04. The average molecular weight is 261 g/mol. The van der Waals surface area contributed by atoms with Gasteiger partial charge in [0.25, 0.3) is 5.91 Å². The highest BCUT2D eigenvalue weighted by atomic mass is 19.1. The van der Waals surface area contributed by atoms with Gasteiger partial charge in [-0.15, -0.1) is 0 Å². The van der Waals surface area contributed by atoms with Crippen molar-refractivity contribution in [2.45, 2.75) is 6.42 Å². The molecule has 0 atom stereocenters. The highest BCUT2D eigenvalue weighted by molar-refractivity contribution is 5.92. The van der Waals surface area contributed by atoms with Crippen LogP contribution in [0.2, 0.25) is 0 Å². The number of likely N-dealkylation sites (N-methyl/N-ethyl adjacent to an activating group) is 1. The van der Waals surface area contributed by atoms with Crippen LogP contribution < -0.4 is 0 Å². The lowest BCUT2D eigenvalue weighted by molar-refractivity contribution is 0.0787. The lowest BCUT2D eigenvalue weighted by atomic mass is 10.1. The third-order valence-electron chi connectivity index (χ3n) is 3.03. The van der Waals surface area contributed by atoms with Gasteiger partial charge in [-0.25, -0.2) is 9.37 Å². The minimum Gasteiger partial charge on any atom is -0.340 e. The van der Waals surface area contributed by atoms with Crippen LogP contribution in [0, 0.1) is 5.82 Å². The van der Waals surface area contributed by atoms with Crippen LogP contribution in [0.5, 0.6) is 0 Å². The summed E-state index contributed by atoms with van der Waals surface area (Å²) in [4.78, 5) is 17.7. The molecule has 0 aliphatic heterocycles. The monoisotopic (exact) mass is 261 g/mol. The smallest absolute Gasteiger partial charge is 0.271 e. The molecular formula is C14H16FN3O. The molecule has 0 N–H and O–H groups in total. The number of imidazole rings is 1. The maximum atomic E-state index is 12.8. The fourth-order valence-corrected chi connectivity index (χ4v) is 1.81. The average Bonchev–Trinajstić information content (AvgIpc) is 2.83. The van der Waals surface area contributed by atoms with Crippen LogP contribution in [0.1, 0.15) is 16.1 Å². The molecule has 0 aliphatic rings. The molecule has 1 aromatic heterocycles. The van der Waals surface area contributed by atoms with Crippen LogP contribution in [0.3, 0.4) is 0 Å². The van der Waals surface area contributed by atoms with Crippen LogP contribution >= 0.6 is 0 Å². The second-order valence-corrected chi connectivity index (χ2v) is 4.49. The van der Waals surface area contributed by atoms with E-state index in [1.807, 2.05) is 0 Å². The lowest BCUT2D eigenvalue weighted by Gasteiger charge is -2.17. The zero-order chi connectivity index (χ0) is 13.8. The van der Waals surface area contributed by atoms with E-state index in [2.05, 4.69) is 4.98 Å². The maximum absolute atomic E-state index is 12.8. The largest absolute Gasteiger partial charge is 0.340 e. The number of amides is 1. The van der Waals surface area contributed by atoms with E-state index in [1.165, 1.54) is 12.1 Å². The lowest BCUT2D eigenvalue weighted by Crippen LogP contribution is -2.30. The van der Waals surface area contributed by atoms with E-state index < -0.39 is 0 Å². The molecule has 19 heavy (non-hydrogen) atoms. The van der Waals surface area contributed by atoms with E-state index in [4.69, 9.17) is 0 Å². The van der Waals surface area contributed by atoms with Crippen molar-refractivity contribution in [3.8, 4) is 0 Å². The number of hydrogen-bond donors (Lipinski definition) is 0. The van der Waals surface area contributed by atoms with Crippen LogP contribution in [-0.2, 0) is 13.5 Å². The van der Waals surface area contributed by atoms with Gasteiger partial charge in [-0.05, 0) is 24.1 Å². The van der Waals surface area contributed by atoms with Crippen molar-refractivity contribution < 1.29 is 9.18 Å². The highest BCUT2D eigenvalue weighted by Crippen LogP contribution is 2.06. The SMILES string of the molecule is CN(CCc1ccc(F)cc1)C(=O)c1cncn1C. The van der Waals surface area contributed by atoms with Gasteiger partial charge in [-0.1, -0.05) is 12.1 Å². The van der Waals surface area contributed by atoms with Crippen molar-refractivity contribution in [1.82, 2.24) is 14.5 Å². The maximum Gasteiger partial charge on any atom is 0.271 e. The second-order valence-electron chi connectivity index (χ2n) is 4.49. The third kappa shape index (κ3) is 3.19. The molecule has 100 valence electrons. The molecule has 0 saturated heterocycles. The van der Waals surface area contributed by atoms with Gasteiger partial charge in [-0.2, -0.15) is 0 Å². The summed E-state index contributed by atoms with van der Waals surface area (Å²) in [5.74, 6) is -0.315. The quantitative estimate of drug-likeness (QED) is 0.842. The Balaban J connectivity index is 1.94. The van der Waals surface area contributed by atoms with Gasteiger partial charge >= 0.3 is 0 Å². The summed E-state index contributed by atoms with van der Waals surface area (Å²) in [6.07, 6.45) is 3.85. The summed E-state index contributed by atoms with van der Waals surface area (Å²) in [5, 5.41) is 0. The van der Waals surface area contributed by atoms with E-state index in [-0.39, 0.29) is 11.7 Å². The van der Waals surface area contributed by atoms with Crippen LogP contribution in [0.15, 0.2) is 36.8 Å². The Morgan fingerprint density at radius 2 is 2.05 bits per heavy atom. The molecule has 1 aromatic carbocycles. The molecule has 2 aromatic rings. The molecule has 0 unspecified atom stereocenters. The zero-order valence-electron chi connectivity index (χ0n) is 11.0. The summed E-state index contributed by atoms with van der Waals surface area (Å²) in [5.41, 5.74) is 1.56. The third-order valence-corrected chi connectivity index (χ3v) is 3.03. The minimum atomic E-state index is -0.247. The van der Waals surface area contributed by atoms with Gasteiger partial charge in [0.15, 0.2) is 0 Å². The number of carbonyl (C=O) groups excluding carboxylic acids is 1. The number of benzene rings is 1. The number of hydrogen-bond acceptors (Lipinski definition) is 2. The van der Waals surface area contributed by atoms with Crippen LogP contribution in [0.25, 0.3) is 0 Å². The van der Waals surface area contributed by atoms with E-state index in [0.29, 0.717) is 18.7 Å². The minimum absolute atomic E-state index is 0.0675. The molecule has 1 amide bonds. The number of rotatable bonds is 4. The Kier molecular flexibility index (Phi) is 3.94. The summed E-state index contributed by atoms with van der Waals surface area (Å²) < 4.78 is 14.5. The van der Waals surface area contributed by atoms with Crippen molar-refractivity contribution in [3.05, 3.63) is 53.9 Å². The Morgan fingerprint density at radius 3 is 2.63 bits per heavy atom. The summed E-state index contributed by atoms with van der Waals surface area (Å²) in [6.45, 7) is 0.579. The fraction of sp³-hybridized carbons (Fsp3) is 0.286. The van der Waals surface area contributed by atoms with Crippen molar-refractivity contribution >= 4 is 5.91 Å². The normalized spacial score (nSPS) is 10.5. The van der Waals surface area contributed by atoms with Crippen molar-refractivity contribution in [2.75, 3.05) is 13.6 Å². The summed E-state index contributed by atoms with van der Waals surface area (Å²) in [7, 11) is 3.53. The van der Waals surface area contributed by atoms with Gasteiger partial charge < -0.3 is 9.47 Å². The number of halogens is 1. The first-order valence-corrected chi connectivity index (χ1v) is 6.04. The molecule has 4 nitrogen and oxygen atoms in total. The van der Waals surface area contributed by atoms with Gasteiger partial charge in [0.1, 0.15) is 11.5 Å². The van der Waals surface area contributed by atoms with Gasteiger partial charge in [0, 0.05) is 20.6 Å². The summed E-state index contributed by atoms with van der Waals surface area (Å²) in [6, 6.07) is 6.33. The van der Waals surface area contributed by atoms with Crippen molar-refractivity contribution in [1.29, 1.82) is 0 Å². The van der Waals surface area contributed by atoms with E-state index in [9.17, 15) is 9.18 Å². The Bertz CT molecular complexity index is 562. The van der Waals surface area contributed by atoms with Gasteiger partial charge in [0.05, 0.1) is 12.5 Å². The molecule has 0 spiro atoms. The molecule has 5 heteroatoms. The van der Waals surface area contributed by atoms with Gasteiger partial charge in [-0.3, -0.25) is 4.79 Å². The molecule has 0 radical (unpaired) electrons. The highest BCUT2D eigenvalue weighted by Gasteiger charge is 2.14. The molecule has 0 bridgehead atoms. The first-order chi connectivity index (χ1) is 9.08. The van der Waals surface area contributed by atoms with Crippen LogP contribution in [0.4, 0.5) is 4.39 Å². The molecule has 0 saturated carbocycles. The summed E-state index contributed by atoms with van der Waals surface area (Å²) >= 11 is 0.